The molecule has 132 valence electrons. The van der Waals surface area contributed by atoms with Gasteiger partial charge in [0.1, 0.15) is 10.7 Å². The summed E-state index contributed by atoms with van der Waals surface area (Å²) in [6.07, 6.45) is 5.31. The molecular formula is C19H22N2O3S. The van der Waals surface area contributed by atoms with Crippen molar-refractivity contribution in [1.29, 1.82) is 0 Å². The minimum Gasteiger partial charge on any atom is -0.481 e. The van der Waals surface area contributed by atoms with Crippen molar-refractivity contribution in [3.63, 3.8) is 0 Å². The van der Waals surface area contributed by atoms with E-state index in [0.717, 1.165) is 36.3 Å². The molecule has 1 atom stereocenters. The number of hydrogen-bond acceptors (Lipinski definition) is 4. The second kappa shape index (κ2) is 8.25. The zero-order valence-corrected chi connectivity index (χ0v) is 14.8. The zero-order valence-electron chi connectivity index (χ0n) is 14.0. The van der Waals surface area contributed by atoms with E-state index < -0.39 is 5.97 Å². The molecular weight excluding hydrogens is 336 g/mol. The Labute approximate surface area is 151 Å². The molecule has 1 fully saturated rings. The molecule has 0 spiro atoms. The van der Waals surface area contributed by atoms with E-state index in [9.17, 15) is 14.7 Å². The largest absolute Gasteiger partial charge is 0.481 e. The number of amides is 1. The van der Waals surface area contributed by atoms with Crippen molar-refractivity contribution >= 4 is 23.2 Å². The van der Waals surface area contributed by atoms with Gasteiger partial charge in [-0.15, -0.1) is 11.3 Å². The van der Waals surface area contributed by atoms with E-state index >= 15 is 0 Å². The maximum Gasteiger partial charge on any atom is 0.305 e. The first-order valence-corrected chi connectivity index (χ1v) is 9.55. The minimum atomic E-state index is -0.876. The third-order valence-electron chi connectivity index (χ3n) is 4.69. The second-order valence-corrected chi connectivity index (χ2v) is 7.34. The van der Waals surface area contributed by atoms with Gasteiger partial charge in [0.05, 0.1) is 6.42 Å². The summed E-state index contributed by atoms with van der Waals surface area (Å²) >= 11 is 1.42. The highest BCUT2D eigenvalue weighted by Gasteiger charge is 2.28. The molecule has 1 aromatic heterocycles. The fourth-order valence-electron chi connectivity index (χ4n) is 3.39. The van der Waals surface area contributed by atoms with Gasteiger partial charge in [-0.3, -0.25) is 9.59 Å². The summed E-state index contributed by atoms with van der Waals surface area (Å²) in [5, 5.41) is 14.6. The van der Waals surface area contributed by atoms with E-state index in [-0.39, 0.29) is 24.3 Å². The van der Waals surface area contributed by atoms with Crippen LogP contribution in [0.15, 0.2) is 35.7 Å². The van der Waals surface area contributed by atoms with Crippen molar-refractivity contribution in [2.45, 2.75) is 44.6 Å². The van der Waals surface area contributed by atoms with Gasteiger partial charge >= 0.3 is 5.97 Å². The molecule has 1 saturated carbocycles. The number of carbonyl (C=O) groups excluding carboxylic acids is 1. The molecule has 6 heteroatoms. The monoisotopic (exact) mass is 358 g/mol. The van der Waals surface area contributed by atoms with Gasteiger partial charge < -0.3 is 10.4 Å². The smallest absolute Gasteiger partial charge is 0.305 e. The number of aliphatic carboxylic acids is 1. The Bertz CT molecular complexity index is 723. The molecule has 0 bridgehead atoms. The molecule has 1 aliphatic carbocycles. The summed E-state index contributed by atoms with van der Waals surface area (Å²) in [5.74, 6) is -0.921. The van der Waals surface area contributed by atoms with Gasteiger partial charge in [0.25, 0.3) is 5.91 Å². The maximum absolute atomic E-state index is 12.6. The van der Waals surface area contributed by atoms with Crippen LogP contribution in [0.1, 0.15) is 49.0 Å². The van der Waals surface area contributed by atoms with E-state index in [1.54, 1.807) is 5.38 Å². The van der Waals surface area contributed by atoms with Crippen molar-refractivity contribution in [2.24, 2.45) is 5.92 Å². The molecule has 0 saturated heterocycles. The van der Waals surface area contributed by atoms with E-state index in [1.807, 2.05) is 30.3 Å². The van der Waals surface area contributed by atoms with E-state index in [4.69, 9.17) is 0 Å². The average Bonchev–Trinajstić information content (AvgIpc) is 3.12. The molecule has 0 radical (unpaired) electrons. The first-order valence-electron chi connectivity index (χ1n) is 8.67. The molecule has 2 aromatic rings. The Hall–Kier alpha value is -2.21. The zero-order chi connectivity index (χ0) is 17.6. The lowest BCUT2D eigenvalue weighted by atomic mass is 9.82. The highest BCUT2D eigenvalue weighted by molar-refractivity contribution is 7.13. The maximum atomic E-state index is 12.6. The number of thiazole rings is 1. The van der Waals surface area contributed by atoms with Gasteiger partial charge in [0.2, 0.25) is 0 Å². The van der Waals surface area contributed by atoms with E-state index in [0.29, 0.717) is 5.69 Å². The Morgan fingerprint density at radius 3 is 2.60 bits per heavy atom. The lowest BCUT2D eigenvalue weighted by Gasteiger charge is -2.29. The van der Waals surface area contributed by atoms with Crippen LogP contribution >= 0.6 is 11.3 Å². The lowest BCUT2D eigenvalue weighted by molar-refractivity contribution is -0.137. The molecule has 3 rings (SSSR count). The second-order valence-electron chi connectivity index (χ2n) is 6.48. The van der Waals surface area contributed by atoms with E-state index in [2.05, 4.69) is 10.3 Å². The van der Waals surface area contributed by atoms with Crippen LogP contribution in [0.25, 0.3) is 10.6 Å². The van der Waals surface area contributed by atoms with Gasteiger partial charge in [-0.1, -0.05) is 49.6 Å². The average molecular weight is 358 g/mol. The highest BCUT2D eigenvalue weighted by Crippen LogP contribution is 2.28. The molecule has 1 heterocycles. The van der Waals surface area contributed by atoms with Crippen LogP contribution in [0, 0.1) is 5.92 Å². The number of rotatable bonds is 6. The first-order chi connectivity index (χ1) is 12.1. The van der Waals surface area contributed by atoms with Crippen LogP contribution < -0.4 is 5.32 Å². The van der Waals surface area contributed by atoms with Crippen LogP contribution in [0.2, 0.25) is 0 Å². The van der Waals surface area contributed by atoms with Gasteiger partial charge in [-0.05, 0) is 18.8 Å². The fraction of sp³-hybridized carbons (Fsp3) is 0.421. The Morgan fingerprint density at radius 1 is 1.20 bits per heavy atom. The SMILES string of the molecule is O=C(O)CC(NC(=O)c1csc(-c2ccccc2)n1)C1CCCCC1. The topological polar surface area (TPSA) is 79.3 Å². The number of carboxylic acids is 1. The van der Waals surface area contributed by atoms with Crippen molar-refractivity contribution in [2.75, 3.05) is 0 Å². The van der Waals surface area contributed by atoms with Gasteiger partial charge in [-0.2, -0.15) is 0 Å². The van der Waals surface area contributed by atoms with Crippen LogP contribution in [0.3, 0.4) is 0 Å². The highest BCUT2D eigenvalue weighted by atomic mass is 32.1. The van der Waals surface area contributed by atoms with Gasteiger partial charge in [-0.25, -0.2) is 4.98 Å². The van der Waals surface area contributed by atoms with Crippen LogP contribution in [0.4, 0.5) is 0 Å². The standard InChI is InChI=1S/C19H22N2O3S/c22-17(23)11-15(13-7-3-1-4-8-13)20-18(24)16-12-25-19(21-16)14-9-5-2-6-10-14/h2,5-6,9-10,12-13,15H,1,3-4,7-8,11H2,(H,20,24)(H,22,23). The van der Waals surface area contributed by atoms with Crippen LogP contribution in [0.5, 0.6) is 0 Å². The summed E-state index contributed by atoms with van der Waals surface area (Å²) < 4.78 is 0. The summed E-state index contributed by atoms with van der Waals surface area (Å²) in [4.78, 5) is 28.2. The summed E-state index contributed by atoms with van der Waals surface area (Å²) in [6.45, 7) is 0. The number of aromatic nitrogens is 1. The molecule has 0 aliphatic heterocycles. The van der Waals surface area contributed by atoms with Crippen molar-refractivity contribution in [3.05, 3.63) is 41.4 Å². The Kier molecular flexibility index (Phi) is 5.81. The molecule has 2 N–H and O–H groups in total. The normalized spacial score (nSPS) is 16.3. The number of carbonyl (C=O) groups is 2. The summed E-state index contributed by atoms with van der Waals surface area (Å²) in [5.41, 5.74) is 1.33. The molecule has 5 nitrogen and oxygen atoms in total. The fourth-order valence-corrected chi connectivity index (χ4v) is 4.20. The minimum absolute atomic E-state index is 0.0356. The molecule has 1 aromatic carbocycles. The van der Waals surface area contributed by atoms with Crippen LogP contribution in [-0.2, 0) is 4.79 Å². The third-order valence-corrected chi connectivity index (χ3v) is 5.58. The van der Waals surface area contributed by atoms with Gasteiger partial charge in [0.15, 0.2) is 0 Å². The van der Waals surface area contributed by atoms with E-state index in [1.165, 1.54) is 17.8 Å². The first kappa shape index (κ1) is 17.6. The molecule has 1 amide bonds. The third kappa shape index (κ3) is 4.66. The number of carboxylic acid groups (broad SMARTS) is 1. The van der Waals surface area contributed by atoms with Crippen molar-refractivity contribution < 1.29 is 14.7 Å². The Morgan fingerprint density at radius 2 is 1.92 bits per heavy atom. The van der Waals surface area contributed by atoms with Crippen LogP contribution in [-0.4, -0.2) is 28.0 Å². The quantitative estimate of drug-likeness (QED) is 0.819. The lowest BCUT2D eigenvalue weighted by Crippen LogP contribution is -2.42. The number of benzene rings is 1. The predicted octanol–water partition coefficient (Wildman–Crippen LogP) is 3.96. The van der Waals surface area contributed by atoms with Crippen molar-refractivity contribution in [1.82, 2.24) is 10.3 Å². The predicted molar refractivity (Wildman–Crippen MR) is 97.6 cm³/mol. The molecule has 1 aliphatic rings. The van der Waals surface area contributed by atoms with Gasteiger partial charge in [0, 0.05) is 17.0 Å². The number of hydrogen-bond donors (Lipinski definition) is 2. The van der Waals surface area contributed by atoms with Crippen molar-refractivity contribution in [3.8, 4) is 10.6 Å². The molecule has 1 unspecified atom stereocenters. The number of nitrogens with zero attached hydrogens (tertiary/aromatic N) is 1. The summed E-state index contributed by atoms with van der Waals surface area (Å²) in [6, 6.07) is 9.38. The molecule has 25 heavy (non-hydrogen) atoms. The summed E-state index contributed by atoms with van der Waals surface area (Å²) in [7, 11) is 0. The Balaban J connectivity index is 1.70. The number of nitrogens with one attached hydrogen (secondary N) is 1.